The Morgan fingerprint density at radius 1 is 1.25 bits per heavy atom. The van der Waals surface area contributed by atoms with E-state index in [-0.39, 0.29) is 18.1 Å². The van der Waals surface area contributed by atoms with Gasteiger partial charge < -0.3 is 20.2 Å². The summed E-state index contributed by atoms with van der Waals surface area (Å²) in [7, 11) is 1.60. The second-order valence-corrected chi connectivity index (χ2v) is 7.48. The van der Waals surface area contributed by atoms with Crippen molar-refractivity contribution in [1.29, 1.82) is 0 Å². The van der Waals surface area contributed by atoms with E-state index in [1.807, 2.05) is 36.4 Å². The minimum atomic E-state index is -0.416. The lowest BCUT2D eigenvalue weighted by Crippen LogP contribution is -2.24. The Balaban J connectivity index is 1.45. The predicted molar refractivity (Wildman–Crippen MR) is 119 cm³/mol. The van der Waals surface area contributed by atoms with Gasteiger partial charge in [-0.3, -0.25) is 4.79 Å². The number of anilines is 1. The zero-order chi connectivity index (χ0) is 22.7. The van der Waals surface area contributed by atoms with Crippen molar-refractivity contribution in [2.45, 2.75) is 20.0 Å². The zero-order valence-corrected chi connectivity index (χ0v) is 18.3. The number of nitrogen functional groups attached to an aromatic ring is 1. The maximum atomic E-state index is 12.5. The van der Waals surface area contributed by atoms with Crippen molar-refractivity contribution < 1.29 is 13.9 Å². The van der Waals surface area contributed by atoms with Gasteiger partial charge in [0.05, 0.1) is 13.7 Å². The number of amides is 1. The van der Waals surface area contributed by atoms with E-state index < -0.39 is 5.91 Å². The first-order valence-electron chi connectivity index (χ1n) is 9.77. The number of aromatic nitrogens is 4. The Morgan fingerprint density at radius 3 is 2.75 bits per heavy atom. The van der Waals surface area contributed by atoms with E-state index in [2.05, 4.69) is 20.6 Å². The summed E-state index contributed by atoms with van der Waals surface area (Å²) in [5, 5.41) is 11.3. The Morgan fingerprint density at radius 2 is 2.03 bits per heavy atom. The predicted octanol–water partition coefficient (Wildman–Crippen LogP) is 3.46. The molecule has 4 rings (SSSR count). The normalized spacial score (nSPS) is 10.8. The third-order valence-electron chi connectivity index (χ3n) is 4.86. The monoisotopic (exact) mass is 452 g/mol. The summed E-state index contributed by atoms with van der Waals surface area (Å²) in [4.78, 5) is 17.1. The topological polar surface area (TPSA) is 121 Å². The van der Waals surface area contributed by atoms with Crippen LogP contribution in [-0.2, 0) is 13.1 Å². The van der Waals surface area contributed by atoms with Crippen molar-refractivity contribution in [3.8, 4) is 17.2 Å². The summed E-state index contributed by atoms with van der Waals surface area (Å²) in [6, 6.07) is 14.6. The van der Waals surface area contributed by atoms with Crippen LogP contribution in [0.25, 0.3) is 11.5 Å². The first-order chi connectivity index (χ1) is 15.4. The van der Waals surface area contributed by atoms with E-state index in [1.165, 1.54) is 4.68 Å². The van der Waals surface area contributed by atoms with Gasteiger partial charge in [-0.25, -0.2) is 9.67 Å². The first-order valence-corrected chi connectivity index (χ1v) is 10.1. The van der Waals surface area contributed by atoms with Crippen molar-refractivity contribution in [3.63, 3.8) is 0 Å². The van der Waals surface area contributed by atoms with E-state index in [0.717, 1.165) is 16.9 Å². The number of ether oxygens (including phenoxy) is 1. The molecule has 1 amide bonds. The standard InChI is InChI=1S/C22H21ClN6O3/c1-13-18(26-22(32-13)15-4-3-5-16(23)10-15)12-29-20(24)19(27-28-29)21(30)25-11-14-6-8-17(31-2)9-7-14/h3-10H,11-12,24H2,1-2H3,(H,25,30). The number of carbonyl (C=O) groups is 1. The van der Waals surface area contributed by atoms with Gasteiger partial charge in [-0.1, -0.05) is 35.0 Å². The Kier molecular flexibility index (Phi) is 6.09. The van der Waals surface area contributed by atoms with Crippen LogP contribution < -0.4 is 15.8 Å². The van der Waals surface area contributed by atoms with Gasteiger partial charge in [0, 0.05) is 17.1 Å². The van der Waals surface area contributed by atoms with Crippen molar-refractivity contribution in [2.75, 3.05) is 12.8 Å². The largest absolute Gasteiger partial charge is 0.497 e. The third-order valence-corrected chi connectivity index (χ3v) is 5.10. The molecule has 0 radical (unpaired) electrons. The van der Waals surface area contributed by atoms with Crippen molar-refractivity contribution in [3.05, 3.63) is 76.3 Å². The number of nitrogens with zero attached hydrogens (tertiary/aromatic N) is 4. The lowest BCUT2D eigenvalue weighted by atomic mass is 10.2. The molecule has 10 heteroatoms. The molecule has 3 N–H and O–H groups in total. The van der Waals surface area contributed by atoms with Gasteiger partial charge in [0.2, 0.25) is 5.89 Å². The Labute approximate surface area is 189 Å². The summed E-state index contributed by atoms with van der Waals surface area (Å²) in [6.07, 6.45) is 0. The zero-order valence-electron chi connectivity index (χ0n) is 17.5. The summed E-state index contributed by atoms with van der Waals surface area (Å²) in [6.45, 7) is 2.33. The molecule has 0 spiro atoms. The Hall–Kier alpha value is -3.85. The molecule has 164 valence electrons. The summed E-state index contributed by atoms with van der Waals surface area (Å²) in [5.74, 6) is 1.52. The number of oxazole rings is 1. The van der Waals surface area contributed by atoms with Crippen LogP contribution in [0.1, 0.15) is 27.5 Å². The minimum Gasteiger partial charge on any atom is -0.497 e. The number of methoxy groups -OCH3 is 1. The molecular weight excluding hydrogens is 432 g/mol. The maximum absolute atomic E-state index is 12.5. The highest BCUT2D eigenvalue weighted by atomic mass is 35.5. The summed E-state index contributed by atoms with van der Waals surface area (Å²) >= 11 is 6.05. The van der Waals surface area contributed by atoms with Gasteiger partial charge in [-0.05, 0) is 42.8 Å². The number of rotatable bonds is 7. The van der Waals surface area contributed by atoms with Crippen LogP contribution in [0.5, 0.6) is 5.75 Å². The SMILES string of the molecule is COc1ccc(CNC(=O)c2nnn(Cc3nc(-c4cccc(Cl)c4)oc3C)c2N)cc1. The molecule has 0 bridgehead atoms. The van der Waals surface area contributed by atoms with Crippen LogP contribution in [-0.4, -0.2) is 33.0 Å². The smallest absolute Gasteiger partial charge is 0.275 e. The molecule has 4 aromatic rings. The fourth-order valence-corrected chi connectivity index (χ4v) is 3.26. The molecule has 0 atom stereocenters. The van der Waals surface area contributed by atoms with Gasteiger partial charge in [0.1, 0.15) is 17.2 Å². The molecule has 9 nitrogen and oxygen atoms in total. The fraction of sp³-hybridized carbons (Fsp3) is 0.182. The van der Waals surface area contributed by atoms with Crippen molar-refractivity contribution in [1.82, 2.24) is 25.3 Å². The molecule has 0 unspecified atom stereocenters. The van der Waals surface area contributed by atoms with Gasteiger partial charge in [-0.15, -0.1) is 5.10 Å². The molecule has 0 saturated heterocycles. The highest BCUT2D eigenvalue weighted by Crippen LogP contribution is 2.25. The van der Waals surface area contributed by atoms with Crippen molar-refractivity contribution in [2.24, 2.45) is 0 Å². The molecule has 0 saturated carbocycles. The number of benzene rings is 2. The fourth-order valence-electron chi connectivity index (χ4n) is 3.07. The third kappa shape index (κ3) is 4.57. The number of hydrogen-bond acceptors (Lipinski definition) is 7. The van der Waals surface area contributed by atoms with E-state index >= 15 is 0 Å². The summed E-state index contributed by atoms with van der Waals surface area (Å²) in [5.41, 5.74) is 8.48. The lowest BCUT2D eigenvalue weighted by molar-refractivity contribution is 0.0946. The first kappa shape index (κ1) is 21.4. The average molecular weight is 453 g/mol. The maximum Gasteiger partial charge on any atom is 0.275 e. The van der Waals surface area contributed by atoms with E-state index in [9.17, 15) is 4.79 Å². The molecule has 0 aliphatic carbocycles. The number of aryl methyl sites for hydroxylation is 1. The molecule has 0 aliphatic heterocycles. The average Bonchev–Trinajstić information content (AvgIpc) is 3.35. The van der Waals surface area contributed by atoms with Crippen LogP contribution in [0.3, 0.4) is 0 Å². The molecule has 0 fully saturated rings. The van der Waals surface area contributed by atoms with Crippen LogP contribution in [0.15, 0.2) is 52.9 Å². The number of hydrogen-bond donors (Lipinski definition) is 2. The summed E-state index contributed by atoms with van der Waals surface area (Å²) < 4.78 is 12.3. The highest BCUT2D eigenvalue weighted by Gasteiger charge is 2.20. The van der Waals surface area contributed by atoms with Gasteiger partial charge in [0.25, 0.3) is 5.91 Å². The lowest BCUT2D eigenvalue weighted by Gasteiger charge is -2.06. The van der Waals surface area contributed by atoms with Gasteiger partial charge in [0.15, 0.2) is 11.5 Å². The van der Waals surface area contributed by atoms with E-state index in [0.29, 0.717) is 28.9 Å². The van der Waals surface area contributed by atoms with Crippen LogP contribution in [0.2, 0.25) is 5.02 Å². The molecule has 2 heterocycles. The number of nitrogens with one attached hydrogen (secondary N) is 1. The molecule has 2 aromatic heterocycles. The van der Waals surface area contributed by atoms with Gasteiger partial charge in [-0.2, -0.15) is 0 Å². The highest BCUT2D eigenvalue weighted by molar-refractivity contribution is 6.30. The van der Waals surface area contributed by atoms with Crippen LogP contribution in [0.4, 0.5) is 5.82 Å². The van der Waals surface area contributed by atoms with Crippen LogP contribution in [0, 0.1) is 6.92 Å². The number of nitrogens with two attached hydrogens (primary N) is 1. The minimum absolute atomic E-state index is 0.0507. The molecule has 0 aliphatic rings. The van der Waals surface area contributed by atoms with Crippen LogP contribution >= 0.6 is 11.6 Å². The second-order valence-electron chi connectivity index (χ2n) is 7.04. The van der Waals surface area contributed by atoms with E-state index in [1.54, 1.807) is 26.2 Å². The molecule has 2 aromatic carbocycles. The number of halogens is 1. The van der Waals surface area contributed by atoms with Gasteiger partial charge >= 0.3 is 0 Å². The van der Waals surface area contributed by atoms with Crippen molar-refractivity contribution >= 4 is 23.3 Å². The second kappa shape index (κ2) is 9.11. The Bertz CT molecular complexity index is 1250. The quantitative estimate of drug-likeness (QED) is 0.440. The molecule has 32 heavy (non-hydrogen) atoms. The van der Waals surface area contributed by atoms with E-state index in [4.69, 9.17) is 26.5 Å². The molecular formula is C22H21ClN6O3. The number of carbonyl (C=O) groups excluding carboxylic acids is 1.